The Morgan fingerprint density at radius 2 is 2.05 bits per heavy atom. The maximum absolute atomic E-state index is 4.56. The standard InChI is InChI=1S/C15H23N5/c1-6-13-12(9-20(5)19-13)8-16-14-7-11(4)17-15(18-14)10(2)3/h7,9-10H,6,8H2,1-5H3,(H,16,17,18). The molecule has 2 aromatic rings. The van der Waals surface area contributed by atoms with Gasteiger partial charge in [0.2, 0.25) is 0 Å². The summed E-state index contributed by atoms with van der Waals surface area (Å²) >= 11 is 0. The lowest BCUT2D eigenvalue weighted by Crippen LogP contribution is -2.07. The van der Waals surface area contributed by atoms with Crippen LogP contribution in [0.4, 0.5) is 5.82 Å². The number of aryl methyl sites for hydroxylation is 3. The highest BCUT2D eigenvalue weighted by molar-refractivity contribution is 5.37. The fraction of sp³-hybridized carbons (Fsp3) is 0.533. The van der Waals surface area contributed by atoms with Crippen LogP contribution in [0, 0.1) is 6.92 Å². The van der Waals surface area contributed by atoms with Crippen LogP contribution in [0.5, 0.6) is 0 Å². The first-order chi connectivity index (χ1) is 9.49. The fourth-order valence-corrected chi connectivity index (χ4v) is 2.16. The van der Waals surface area contributed by atoms with Gasteiger partial charge in [-0.1, -0.05) is 20.8 Å². The molecule has 2 heterocycles. The molecule has 0 bridgehead atoms. The molecular weight excluding hydrogens is 250 g/mol. The Morgan fingerprint density at radius 1 is 1.30 bits per heavy atom. The van der Waals surface area contributed by atoms with E-state index in [9.17, 15) is 0 Å². The molecule has 0 spiro atoms. The van der Waals surface area contributed by atoms with Crippen molar-refractivity contribution in [2.75, 3.05) is 5.32 Å². The normalized spacial score (nSPS) is 11.1. The molecule has 0 atom stereocenters. The van der Waals surface area contributed by atoms with Gasteiger partial charge < -0.3 is 5.32 Å². The molecule has 0 aromatic carbocycles. The summed E-state index contributed by atoms with van der Waals surface area (Å²) in [7, 11) is 1.95. The summed E-state index contributed by atoms with van der Waals surface area (Å²) in [5.41, 5.74) is 3.35. The Labute approximate surface area is 120 Å². The number of anilines is 1. The molecule has 1 N–H and O–H groups in total. The number of aromatic nitrogens is 4. The van der Waals surface area contributed by atoms with Gasteiger partial charge >= 0.3 is 0 Å². The van der Waals surface area contributed by atoms with Gasteiger partial charge in [-0.3, -0.25) is 4.68 Å². The zero-order chi connectivity index (χ0) is 14.7. The molecule has 0 unspecified atom stereocenters. The fourth-order valence-electron chi connectivity index (χ4n) is 2.16. The van der Waals surface area contributed by atoms with Crippen LogP contribution in [0.2, 0.25) is 0 Å². The third-order valence-electron chi connectivity index (χ3n) is 3.17. The van der Waals surface area contributed by atoms with Gasteiger partial charge in [0.15, 0.2) is 0 Å². The Morgan fingerprint density at radius 3 is 2.70 bits per heavy atom. The lowest BCUT2D eigenvalue weighted by molar-refractivity contribution is 0.746. The van der Waals surface area contributed by atoms with E-state index in [1.807, 2.05) is 24.7 Å². The molecular formula is C15H23N5. The van der Waals surface area contributed by atoms with Crippen LogP contribution >= 0.6 is 0 Å². The zero-order valence-corrected chi connectivity index (χ0v) is 12.9. The van der Waals surface area contributed by atoms with Crippen molar-refractivity contribution in [1.29, 1.82) is 0 Å². The predicted molar refractivity (Wildman–Crippen MR) is 80.8 cm³/mol. The van der Waals surface area contributed by atoms with Gasteiger partial charge in [0.1, 0.15) is 11.6 Å². The van der Waals surface area contributed by atoms with Gasteiger partial charge in [-0.15, -0.1) is 0 Å². The van der Waals surface area contributed by atoms with E-state index in [0.29, 0.717) is 5.92 Å². The van der Waals surface area contributed by atoms with Crippen molar-refractivity contribution in [3.8, 4) is 0 Å². The number of nitrogens with zero attached hydrogens (tertiary/aromatic N) is 4. The van der Waals surface area contributed by atoms with E-state index in [-0.39, 0.29) is 0 Å². The van der Waals surface area contributed by atoms with Gasteiger partial charge in [0, 0.05) is 43.0 Å². The van der Waals surface area contributed by atoms with Crippen LogP contribution in [0.25, 0.3) is 0 Å². The summed E-state index contributed by atoms with van der Waals surface area (Å²) in [5.74, 6) is 2.10. The number of hydrogen-bond donors (Lipinski definition) is 1. The molecule has 5 heteroatoms. The SMILES string of the molecule is CCc1nn(C)cc1CNc1cc(C)nc(C(C)C)n1. The minimum Gasteiger partial charge on any atom is -0.366 e. The predicted octanol–water partition coefficient (Wildman–Crippen LogP) is 2.82. The third-order valence-corrected chi connectivity index (χ3v) is 3.17. The first-order valence-electron chi connectivity index (χ1n) is 7.10. The quantitative estimate of drug-likeness (QED) is 0.910. The van der Waals surface area contributed by atoms with E-state index in [1.165, 1.54) is 5.56 Å². The molecule has 2 aromatic heterocycles. The molecule has 0 saturated heterocycles. The van der Waals surface area contributed by atoms with Crippen LogP contribution in [0.15, 0.2) is 12.3 Å². The number of nitrogens with one attached hydrogen (secondary N) is 1. The lowest BCUT2D eigenvalue weighted by Gasteiger charge is -2.10. The Balaban J connectivity index is 2.14. The average molecular weight is 273 g/mol. The molecule has 0 radical (unpaired) electrons. The van der Waals surface area contributed by atoms with Crippen LogP contribution in [-0.4, -0.2) is 19.7 Å². The second kappa shape index (κ2) is 6.03. The Bertz CT molecular complexity index is 586. The van der Waals surface area contributed by atoms with Crippen molar-refractivity contribution in [3.63, 3.8) is 0 Å². The molecule has 0 saturated carbocycles. The summed E-state index contributed by atoms with van der Waals surface area (Å²) in [4.78, 5) is 9.02. The molecule has 2 rings (SSSR count). The first-order valence-corrected chi connectivity index (χ1v) is 7.10. The molecule has 5 nitrogen and oxygen atoms in total. The number of rotatable bonds is 5. The van der Waals surface area contributed by atoms with Crippen LogP contribution < -0.4 is 5.32 Å². The summed E-state index contributed by atoms with van der Waals surface area (Å²) < 4.78 is 1.86. The maximum Gasteiger partial charge on any atom is 0.133 e. The monoisotopic (exact) mass is 273 g/mol. The van der Waals surface area contributed by atoms with E-state index >= 15 is 0 Å². The maximum atomic E-state index is 4.56. The highest BCUT2D eigenvalue weighted by Gasteiger charge is 2.08. The smallest absolute Gasteiger partial charge is 0.133 e. The topological polar surface area (TPSA) is 55.6 Å². The van der Waals surface area contributed by atoms with Crippen molar-refractivity contribution in [2.45, 2.75) is 46.6 Å². The summed E-state index contributed by atoms with van der Waals surface area (Å²) in [6.45, 7) is 9.08. The second-order valence-electron chi connectivity index (χ2n) is 5.39. The molecule has 108 valence electrons. The molecule has 0 aliphatic carbocycles. The van der Waals surface area contributed by atoms with Gasteiger partial charge in [-0.2, -0.15) is 5.10 Å². The van der Waals surface area contributed by atoms with Crippen molar-refractivity contribution in [1.82, 2.24) is 19.7 Å². The largest absolute Gasteiger partial charge is 0.366 e. The minimum atomic E-state index is 0.333. The van der Waals surface area contributed by atoms with Gasteiger partial charge in [-0.25, -0.2) is 9.97 Å². The highest BCUT2D eigenvalue weighted by Crippen LogP contribution is 2.15. The average Bonchev–Trinajstić information content (AvgIpc) is 2.76. The van der Waals surface area contributed by atoms with E-state index < -0.39 is 0 Å². The summed E-state index contributed by atoms with van der Waals surface area (Å²) in [6.07, 6.45) is 3.00. The van der Waals surface area contributed by atoms with E-state index in [4.69, 9.17) is 0 Å². The Kier molecular flexibility index (Phi) is 4.37. The van der Waals surface area contributed by atoms with Gasteiger partial charge in [-0.05, 0) is 13.3 Å². The van der Waals surface area contributed by atoms with E-state index in [2.05, 4.69) is 47.4 Å². The molecule has 0 aliphatic rings. The highest BCUT2D eigenvalue weighted by atomic mass is 15.3. The summed E-state index contributed by atoms with van der Waals surface area (Å²) in [6, 6.07) is 1.98. The second-order valence-corrected chi connectivity index (χ2v) is 5.39. The summed E-state index contributed by atoms with van der Waals surface area (Å²) in [5, 5.41) is 7.83. The van der Waals surface area contributed by atoms with Gasteiger partial charge in [0.25, 0.3) is 0 Å². The van der Waals surface area contributed by atoms with Crippen molar-refractivity contribution < 1.29 is 0 Å². The van der Waals surface area contributed by atoms with E-state index in [1.54, 1.807) is 0 Å². The van der Waals surface area contributed by atoms with Crippen molar-refractivity contribution in [2.24, 2.45) is 7.05 Å². The third kappa shape index (κ3) is 3.35. The van der Waals surface area contributed by atoms with Crippen molar-refractivity contribution >= 4 is 5.82 Å². The first kappa shape index (κ1) is 14.5. The van der Waals surface area contributed by atoms with Gasteiger partial charge in [0.05, 0.1) is 5.69 Å². The van der Waals surface area contributed by atoms with Crippen LogP contribution in [-0.2, 0) is 20.0 Å². The molecule has 0 amide bonds. The number of hydrogen-bond acceptors (Lipinski definition) is 4. The van der Waals surface area contributed by atoms with Crippen molar-refractivity contribution in [3.05, 3.63) is 35.0 Å². The molecule has 20 heavy (non-hydrogen) atoms. The zero-order valence-electron chi connectivity index (χ0n) is 12.9. The Hall–Kier alpha value is -1.91. The molecule has 0 fully saturated rings. The van der Waals surface area contributed by atoms with E-state index in [0.717, 1.165) is 36.0 Å². The van der Waals surface area contributed by atoms with Crippen LogP contribution in [0.3, 0.4) is 0 Å². The van der Waals surface area contributed by atoms with Crippen LogP contribution in [0.1, 0.15) is 49.5 Å². The lowest BCUT2D eigenvalue weighted by atomic mass is 10.2. The molecule has 0 aliphatic heterocycles. The minimum absolute atomic E-state index is 0.333.